The third kappa shape index (κ3) is 3.52. The van der Waals surface area contributed by atoms with Crippen molar-refractivity contribution in [1.82, 2.24) is 4.72 Å². The quantitative estimate of drug-likeness (QED) is 0.904. The summed E-state index contributed by atoms with van der Waals surface area (Å²) in [7, 11) is -3.56. The fraction of sp³-hybridized carbons (Fsp3) is 0.167. The monoisotopic (exact) mass is 360 g/mol. The van der Waals surface area contributed by atoms with Crippen molar-refractivity contribution >= 4 is 32.4 Å². The molecule has 0 radical (unpaired) electrons. The number of amidine groups is 1. The van der Waals surface area contributed by atoms with E-state index in [1.54, 1.807) is 19.1 Å². The first-order valence-electron chi connectivity index (χ1n) is 7.56. The Bertz CT molecular complexity index is 902. The summed E-state index contributed by atoms with van der Waals surface area (Å²) in [6.07, 6.45) is 0.719. The first kappa shape index (κ1) is 16.7. The van der Waals surface area contributed by atoms with E-state index < -0.39 is 10.0 Å². The third-order valence-electron chi connectivity index (χ3n) is 3.82. The van der Waals surface area contributed by atoms with Crippen molar-refractivity contribution in [3.8, 4) is 0 Å². The first-order chi connectivity index (χ1) is 11.5. The molecule has 1 aliphatic rings. The Hall–Kier alpha value is -2.11. The van der Waals surface area contributed by atoms with Crippen molar-refractivity contribution in [3.63, 3.8) is 0 Å². The highest BCUT2D eigenvalue weighted by Gasteiger charge is 2.32. The minimum absolute atomic E-state index is 0.299. The number of hydrogen-bond donors (Lipinski definition) is 1. The summed E-state index contributed by atoms with van der Waals surface area (Å²) in [6.45, 7) is 2.28. The second-order valence-corrected chi connectivity index (χ2v) is 7.59. The lowest BCUT2D eigenvalue weighted by molar-refractivity contribution is 0.603. The van der Waals surface area contributed by atoms with Crippen molar-refractivity contribution in [2.45, 2.75) is 13.3 Å². The van der Waals surface area contributed by atoms with Crippen LogP contribution in [0.4, 0.5) is 0 Å². The van der Waals surface area contributed by atoms with Crippen LogP contribution in [0.1, 0.15) is 18.1 Å². The number of nitrogens with one attached hydrogen (secondary N) is 1. The molecule has 1 aliphatic heterocycles. The summed E-state index contributed by atoms with van der Waals surface area (Å²) < 4.78 is 27.3. The number of aliphatic imine (C=N–C) groups is 1. The Morgan fingerprint density at radius 3 is 2.38 bits per heavy atom. The Balaban J connectivity index is 1.82. The topological polar surface area (TPSA) is 58.5 Å². The van der Waals surface area contributed by atoms with Gasteiger partial charge in [0.1, 0.15) is 10.7 Å². The fourth-order valence-electron chi connectivity index (χ4n) is 2.62. The van der Waals surface area contributed by atoms with Gasteiger partial charge in [-0.05, 0) is 36.6 Å². The molecule has 124 valence electrons. The van der Waals surface area contributed by atoms with Gasteiger partial charge in [-0.25, -0.2) is 8.42 Å². The predicted molar refractivity (Wildman–Crippen MR) is 98.5 cm³/mol. The number of nitrogens with zero attached hydrogens (tertiary/aromatic N) is 1. The molecule has 1 heterocycles. The molecule has 2 aromatic carbocycles. The van der Waals surface area contributed by atoms with Crippen LogP contribution in [-0.4, -0.2) is 20.8 Å². The van der Waals surface area contributed by atoms with E-state index in [0.717, 1.165) is 12.0 Å². The molecule has 0 saturated carbocycles. The molecule has 0 amide bonds. The second-order valence-electron chi connectivity index (χ2n) is 5.53. The first-order valence-corrected chi connectivity index (χ1v) is 9.42. The minimum atomic E-state index is -3.56. The number of rotatable bonds is 4. The van der Waals surface area contributed by atoms with Crippen LogP contribution in [0.3, 0.4) is 0 Å². The lowest BCUT2D eigenvalue weighted by atomic mass is 10.1. The lowest BCUT2D eigenvalue weighted by Crippen LogP contribution is -2.24. The van der Waals surface area contributed by atoms with Crippen LogP contribution in [0.15, 0.2) is 65.2 Å². The molecule has 0 fully saturated rings. The van der Waals surface area contributed by atoms with Gasteiger partial charge in [0.25, 0.3) is 10.0 Å². The van der Waals surface area contributed by atoms with Crippen molar-refractivity contribution in [2.75, 3.05) is 6.54 Å². The molecular formula is C18H17ClN2O2S. The largest absolute Gasteiger partial charge is 0.267 e. The van der Waals surface area contributed by atoms with Crippen molar-refractivity contribution in [3.05, 3.63) is 76.3 Å². The number of hydrogen-bond acceptors (Lipinski definition) is 3. The van der Waals surface area contributed by atoms with E-state index >= 15 is 0 Å². The average Bonchev–Trinajstić information content (AvgIpc) is 2.79. The molecule has 0 atom stereocenters. The van der Waals surface area contributed by atoms with Gasteiger partial charge in [-0.3, -0.25) is 9.71 Å². The van der Waals surface area contributed by atoms with Crippen LogP contribution in [0.25, 0.3) is 4.91 Å². The molecule has 24 heavy (non-hydrogen) atoms. The summed E-state index contributed by atoms with van der Waals surface area (Å²) in [5, 5.41) is 0.694. The van der Waals surface area contributed by atoms with Gasteiger partial charge >= 0.3 is 0 Å². The number of halogens is 1. The van der Waals surface area contributed by atoms with Crippen molar-refractivity contribution < 1.29 is 8.42 Å². The normalized spacial score (nSPS) is 18.0. The van der Waals surface area contributed by atoms with Gasteiger partial charge in [0.15, 0.2) is 0 Å². The van der Waals surface area contributed by atoms with Crippen LogP contribution >= 0.6 is 11.6 Å². The molecule has 1 N–H and O–H groups in total. The number of sulfonamides is 1. The maximum Gasteiger partial charge on any atom is 0.264 e. The second kappa shape index (κ2) is 6.79. The third-order valence-corrected chi connectivity index (χ3v) is 5.61. The zero-order chi connectivity index (χ0) is 17.2. The van der Waals surface area contributed by atoms with Gasteiger partial charge in [0.05, 0.1) is 0 Å². The molecule has 0 unspecified atom stereocenters. The van der Waals surface area contributed by atoms with Crippen LogP contribution in [0.2, 0.25) is 5.02 Å². The molecule has 0 aromatic heterocycles. The molecule has 2 aromatic rings. The van der Waals surface area contributed by atoms with E-state index in [9.17, 15) is 8.42 Å². The van der Waals surface area contributed by atoms with Crippen LogP contribution in [0.5, 0.6) is 0 Å². The van der Waals surface area contributed by atoms with E-state index in [2.05, 4.69) is 9.71 Å². The number of benzene rings is 2. The van der Waals surface area contributed by atoms with E-state index in [1.165, 1.54) is 0 Å². The fourth-order valence-corrected chi connectivity index (χ4v) is 4.27. The lowest BCUT2D eigenvalue weighted by Gasteiger charge is -2.02. The maximum atomic E-state index is 12.4. The molecule has 0 saturated heterocycles. The molecular weight excluding hydrogens is 344 g/mol. The van der Waals surface area contributed by atoms with Gasteiger partial charge in [-0.15, -0.1) is 0 Å². The van der Waals surface area contributed by atoms with Crippen molar-refractivity contribution in [1.29, 1.82) is 0 Å². The van der Waals surface area contributed by atoms with Gasteiger partial charge in [-0.2, -0.15) is 0 Å². The van der Waals surface area contributed by atoms with Crippen LogP contribution in [0, 0.1) is 0 Å². The summed E-state index contributed by atoms with van der Waals surface area (Å²) >= 11 is 5.86. The molecule has 0 aliphatic carbocycles. The predicted octanol–water partition coefficient (Wildman–Crippen LogP) is 3.65. The smallest absolute Gasteiger partial charge is 0.264 e. The molecule has 6 heteroatoms. The standard InChI is InChI=1S/C18H17ClN2O2S/c1-13-17(15-5-3-2-4-6-15)24(22,23)21-18(13)20-12-11-14-7-9-16(19)10-8-14/h2-10H,11-12H2,1H3,(H,20,21). The van der Waals surface area contributed by atoms with Gasteiger partial charge < -0.3 is 0 Å². The molecule has 0 bridgehead atoms. The summed E-state index contributed by atoms with van der Waals surface area (Å²) in [5.41, 5.74) is 2.43. The Morgan fingerprint density at radius 2 is 1.71 bits per heavy atom. The molecule has 3 rings (SSSR count). The van der Waals surface area contributed by atoms with Gasteiger partial charge in [0, 0.05) is 17.1 Å². The Labute approximate surface area is 146 Å². The summed E-state index contributed by atoms with van der Waals surface area (Å²) in [6, 6.07) is 16.6. The van der Waals surface area contributed by atoms with Crippen molar-refractivity contribution in [2.24, 2.45) is 4.99 Å². The SMILES string of the molecule is CC1=C(c2ccccc2)S(=O)(=O)NC1=NCCc1ccc(Cl)cc1. The molecule has 0 spiro atoms. The zero-order valence-corrected chi connectivity index (χ0v) is 14.7. The van der Waals surface area contributed by atoms with Gasteiger partial charge in [-0.1, -0.05) is 54.1 Å². The summed E-state index contributed by atoms with van der Waals surface area (Å²) in [5.74, 6) is 0.419. The maximum absolute atomic E-state index is 12.4. The Morgan fingerprint density at radius 1 is 1.04 bits per heavy atom. The highest BCUT2D eigenvalue weighted by Crippen LogP contribution is 2.29. The van der Waals surface area contributed by atoms with E-state index in [1.807, 2.05) is 42.5 Å². The minimum Gasteiger partial charge on any atom is -0.267 e. The zero-order valence-electron chi connectivity index (χ0n) is 13.2. The van der Waals surface area contributed by atoms with Crippen LogP contribution < -0.4 is 4.72 Å². The van der Waals surface area contributed by atoms with Gasteiger partial charge in [0.2, 0.25) is 0 Å². The van der Waals surface area contributed by atoms with E-state index in [0.29, 0.717) is 33.4 Å². The molecule has 4 nitrogen and oxygen atoms in total. The average molecular weight is 361 g/mol. The van der Waals surface area contributed by atoms with E-state index in [4.69, 9.17) is 11.6 Å². The summed E-state index contributed by atoms with van der Waals surface area (Å²) in [4.78, 5) is 4.73. The highest BCUT2D eigenvalue weighted by molar-refractivity contribution is 8.00. The van der Waals surface area contributed by atoms with Crippen LogP contribution in [-0.2, 0) is 16.4 Å². The van der Waals surface area contributed by atoms with E-state index in [-0.39, 0.29) is 0 Å². The highest BCUT2D eigenvalue weighted by atomic mass is 35.5. The Kier molecular flexibility index (Phi) is 4.73.